The molecule has 0 heterocycles. The summed E-state index contributed by atoms with van der Waals surface area (Å²) in [4.78, 5) is 0. The molecule has 0 unspecified atom stereocenters. The predicted molar refractivity (Wildman–Crippen MR) is 83.7 cm³/mol. The second-order valence-corrected chi connectivity index (χ2v) is 6.49. The number of hydrogen-bond donors (Lipinski definition) is 1. The summed E-state index contributed by atoms with van der Waals surface area (Å²) < 4.78 is 0. The highest BCUT2D eigenvalue weighted by Crippen LogP contribution is 2.44. The van der Waals surface area contributed by atoms with Crippen molar-refractivity contribution in [2.24, 2.45) is 5.41 Å². The summed E-state index contributed by atoms with van der Waals surface area (Å²) in [7, 11) is 2.08. The third-order valence-corrected chi connectivity index (χ3v) is 5.00. The molecule has 1 N–H and O–H groups in total. The third-order valence-electron chi connectivity index (χ3n) is 5.00. The molecule has 0 bridgehead atoms. The van der Waals surface area contributed by atoms with Gasteiger partial charge >= 0.3 is 0 Å². The van der Waals surface area contributed by atoms with Crippen LogP contribution in [0.3, 0.4) is 0 Å². The topological polar surface area (TPSA) is 12.0 Å². The minimum atomic E-state index is 0.624. The van der Waals surface area contributed by atoms with E-state index in [2.05, 4.69) is 44.4 Å². The lowest BCUT2D eigenvalue weighted by atomic mass is 9.77. The Kier molecular flexibility index (Phi) is 5.04. The van der Waals surface area contributed by atoms with E-state index in [1.165, 1.54) is 62.6 Å². The van der Waals surface area contributed by atoms with Crippen LogP contribution in [-0.2, 0) is 6.42 Å². The van der Waals surface area contributed by atoms with Crippen LogP contribution in [0.2, 0.25) is 0 Å². The highest BCUT2D eigenvalue weighted by atomic mass is 14.8. The van der Waals surface area contributed by atoms with E-state index in [1.54, 1.807) is 5.56 Å². The number of benzene rings is 1. The Morgan fingerprint density at radius 2 is 1.84 bits per heavy atom. The Bertz CT molecular complexity index is 402. The summed E-state index contributed by atoms with van der Waals surface area (Å²) in [6, 6.07) is 6.89. The van der Waals surface area contributed by atoms with E-state index in [0.717, 1.165) is 0 Å². The molecule has 0 aliphatic heterocycles. The molecule has 1 aromatic carbocycles. The molecule has 1 fully saturated rings. The molecule has 1 saturated carbocycles. The van der Waals surface area contributed by atoms with Gasteiger partial charge in [-0.25, -0.2) is 0 Å². The van der Waals surface area contributed by atoms with E-state index in [4.69, 9.17) is 0 Å². The first-order chi connectivity index (χ1) is 9.15. The van der Waals surface area contributed by atoms with Gasteiger partial charge in [0.2, 0.25) is 0 Å². The summed E-state index contributed by atoms with van der Waals surface area (Å²) in [5.74, 6) is 0. The maximum atomic E-state index is 3.34. The number of aryl methyl sites for hydroxylation is 3. The molecule has 106 valence electrons. The van der Waals surface area contributed by atoms with Crippen LogP contribution in [0, 0.1) is 19.3 Å². The van der Waals surface area contributed by atoms with Crippen molar-refractivity contribution in [1.29, 1.82) is 0 Å². The Morgan fingerprint density at radius 1 is 1.11 bits per heavy atom. The second-order valence-electron chi connectivity index (χ2n) is 6.49. The lowest BCUT2D eigenvalue weighted by Crippen LogP contribution is -2.23. The molecule has 1 heteroatoms. The first-order valence-electron chi connectivity index (χ1n) is 7.86. The smallest absolute Gasteiger partial charge is 0.00466 e. The lowest BCUT2D eigenvalue weighted by Gasteiger charge is -2.29. The van der Waals surface area contributed by atoms with Crippen molar-refractivity contribution in [3.8, 4) is 0 Å². The minimum absolute atomic E-state index is 0.624. The largest absolute Gasteiger partial charge is 0.320 e. The second kappa shape index (κ2) is 6.56. The molecular formula is C18H29N. The zero-order valence-corrected chi connectivity index (χ0v) is 12.9. The van der Waals surface area contributed by atoms with Crippen molar-refractivity contribution >= 4 is 0 Å². The first kappa shape index (κ1) is 14.6. The first-order valence-corrected chi connectivity index (χ1v) is 7.86. The van der Waals surface area contributed by atoms with Crippen LogP contribution in [0.5, 0.6) is 0 Å². The van der Waals surface area contributed by atoms with E-state index in [0.29, 0.717) is 5.41 Å². The van der Waals surface area contributed by atoms with Gasteiger partial charge in [-0.15, -0.1) is 0 Å². The Hall–Kier alpha value is -0.820. The van der Waals surface area contributed by atoms with Crippen LogP contribution in [0.1, 0.15) is 55.2 Å². The predicted octanol–water partition coefficient (Wildman–Crippen LogP) is 4.41. The van der Waals surface area contributed by atoms with Gasteiger partial charge in [0.05, 0.1) is 0 Å². The van der Waals surface area contributed by atoms with Gasteiger partial charge in [0.1, 0.15) is 0 Å². The van der Waals surface area contributed by atoms with Gasteiger partial charge in [0.15, 0.2) is 0 Å². The van der Waals surface area contributed by atoms with E-state index >= 15 is 0 Å². The van der Waals surface area contributed by atoms with E-state index in [1.807, 2.05) is 0 Å². The van der Waals surface area contributed by atoms with E-state index in [9.17, 15) is 0 Å². The number of rotatable bonds is 6. The summed E-state index contributed by atoms with van der Waals surface area (Å²) in [6.07, 6.45) is 9.76. The molecule has 0 spiro atoms. The lowest BCUT2D eigenvalue weighted by molar-refractivity contribution is 0.247. The Morgan fingerprint density at radius 3 is 2.53 bits per heavy atom. The molecule has 1 aromatic rings. The average Bonchev–Trinajstić information content (AvgIpc) is 2.87. The standard InChI is InChI=1S/C18H29N/c1-15-6-7-16(2)17(14-15)8-11-18(12-13-19-3)9-4-5-10-18/h6-7,14,19H,4-5,8-13H2,1-3H3. The van der Waals surface area contributed by atoms with Crippen LogP contribution in [0.25, 0.3) is 0 Å². The van der Waals surface area contributed by atoms with Crippen molar-refractivity contribution in [3.05, 3.63) is 34.9 Å². The van der Waals surface area contributed by atoms with Crippen molar-refractivity contribution in [1.82, 2.24) is 5.32 Å². The minimum Gasteiger partial charge on any atom is -0.320 e. The van der Waals surface area contributed by atoms with Crippen molar-refractivity contribution in [3.63, 3.8) is 0 Å². The molecule has 19 heavy (non-hydrogen) atoms. The van der Waals surface area contributed by atoms with Gasteiger partial charge < -0.3 is 5.32 Å². The normalized spacial score (nSPS) is 17.8. The fourth-order valence-corrected chi connectivity index (χ4v) is 3.61. The SMILES string of the molecule is CNCCC1(CCc2cc(C)ccc2C)CCCC1. The van der Waals surface area contributed by atoms with Crippen LogP contribution >= 0.6 is 0 Å². The molecule has 0 saturated heterocycles. The molecule has 2 rings (SSSR count). The third kappa shape index (κ3) is 3.82. The highest BCUT2D eigenvalue weighted by Gasteiger charge is 2.32. The summed E-state index contributed by atoms with van der Waals surface area (Å²) in [6.45, 7) is 5.63. The molecular weight excluding hydrogens is 230 g/mol. The fourth-order valence-electron chi connectivity index (χ4n) is 3.61. The maximum Gasteiger partial charge on any atom is -0.00466 e. The Balaban J connectivity index is 2.00. The van der Waals surface area contributed by atoms with Gasteiger partial charge in [0, 0.05) is 0 Å². The van der Waals surface area contributed by atoms with Gasteiger partial charge in [0.25, 0.3) is 0 Å². The van der Waals surface area contributed by atoms with Gasteiger partial charge in [-0.2, -0.15) is 0 Å². The quantitative estimate of drug-likeness (QED) is 0.798. The maximum absolute atomic E-state index is 3.34. The Labute approximate surface area is 118 Å². The average molecular weight is 259 g/mol. The summed E-state index contributed by atoms with van der Waals surface area (Å²) in [5, 5.41) is 3.34. The van der Waals surface area contributed by atoms with E-state index < -0.39 is 0 Å². The fraction of sp³-hybridized carbons (Fsp3) is 0.667. The van der Waals surface area contributed by atoms with Gasteiger partial charge in [-0.1, -0.05) is 36.6 Å². The van der Waals surface area contributed by atoms with Crippen LogP contribution < -0.4 is 5.32 Å². The van der Waals surface area contributed by atoms with Gasteiger partial charge in [-0.05, 0) is 76.1 Å². The molecule has 1 nitrogen and oxygen atoms in total. The van der Waals surface area contributed by atoms with Crippen LogP contribution in [-0.4, -0.2) is 13.6 Å². The zero-order valence-electron chi connectivity index (χ0n) is 12.9. The van der Waals surface area contributed by atoms with Gasteiger partial charge in [-0.3, -0.25) is 0 Å². The van der Waals surface area contributed by atoms with E-state index in [-0.39, 0.29) is 0 Å². The van der Waals surface area contributed by atoms with Crippen molar-refractivity contribution < 1.29 is 0 Å². The molecule has 1 aliphatic rings. The van der Waals surface area contributed by atoms with Crippen molar-refractivity contribution in [2.75, 3.05) is 13.6 Å². The monoisotopic (exact) mass is 259 g/mol. The number of nitrogens with one attached hydrogen (secondary N) is 1. The molecule has 1 aliphatic carbocycles. The highest BCUT2D eigenvalue weighted by molar-refractivity contribution is 5.30. The molecule has 0 aromatic heterocycles. The zero-order chi connectivity index (χ0) is 13.7. The molecule has 0 atom stereocenters. The molecule has 0 amide bonds. The summed E-state index contributed by atoms with van der Waals surface area (Å²) in [5.41, 5.74) is 5.05. The molecule has 0 radical (unpaired) electrons. The van der Waals surface area contributed by atoms with Crippen molar-refractivity contribution in [2.45, 2.75) is 58.8 Å². The number of hydrogen-bond acceptors (Lipinski definition) is 1. The van der Waals surface area contributed by atoms with Crippen LogP contribution in [0.15, 0.2) is 18.2 Å². The summed E-state index contributed by atoms with van der Waals surface area (Å²) >= 11 is 0. The van der Waals surface area contributed by atoms with Crippen LogP contribution in [0.4, 0.5) is 0 Å².